The van der Waals surface area contributed by atoms with Gasteiger partial charge < -0.3 is 9.42 Å². The van der Waals surface area contributed by atoms with E-state index in [1.165, 1.54) is 12.0 Å². The lowest BCUT2D eigenvalue weighted by molar-refractivity contribution is 0.0484. The van der Waals surface area contributed by atoms with Gasteiger partial charge in [0.1, 0.15) is 5.76 Å². The number of carbonyl (C=O) groups excluding carboxylic acids is 1. The van der Waals surface area contributed by atoms with Crippen molar-refractivity contribution in [3.05, 3.63) is 53.4 Å². The van der Waals surface area contributed by atoms with Gasteiger partial charge in [0.2, 0.25) is 0 Å². The minimum absolute atomic E-state index is 0.000703. The normalized spacial score (nSPS) is 22.7. The summed E-state index contributed by atoms with van der Waals surface area (Å²) in [5.74, 6) is 1.60. The first-order chi connectivity index (χ1) is 13.0. The summed E-state index contributed by atoms with van der Waals surface area (Å²) in [6.07, 6.45) is 3.22. The zero-order valence-corrected chi connectivity index (χ0v) is 16.5. The molecule has 1 amide bonds. The Balaban J connectivity index is 1.41. The Morgan fingerprint density at radius 3 is 2.56 bits per heavy atom. The van der Waals surface area contributed by atoms with E-state index in [1.807, 2.05) is 18.7 Å². The fourth-order valence-corrected chi connectivity index (χ4v) is 4.69. The highest BCUT2D eigenvalue weighted by Crippen LogP contribution is 2.44. The molecule has 0 aliphatic carbocycles. The molecule has 0 radical (unpaired) electrons. The Labute approximate surface area is 161 Å². The van der Waals surface area contributed by atoms with Gasteiger partial charge in [-0.15, -0.1) is 0 Å². The van der Waals surface area contributed by atoms with E-state index in [0.29, 0.717) is 11.6 Å². The summed E-state index contributed by atoms with van der Waals surface area (Å²) in [6, 6.07) is 12.6. The largest absolute Gasteiger partial charge is 0.360 e. The standard InChI is InChI=1S/C22H29N3O2/c1-16(2)20-13-19(23-27-20)21(26)25-11-9-22(10-12-25)14-18(15-24(22)3)17-7-5-4-6-8-17/h4-8,13,16,18H,9-12,14-15H2,1-3H3/t18-/m0/s1. The minimum Gasteiger partial charge on any atom is -0.360 e. The number of amides is 1. The smallest absolute Gasteiger partial charge is 0.276 e. The van der Waals surface area contributed by atoms with E-state index in [4.69, 9.17) is 4.52 Å². The second-order valence-electron chi connectivity index (χ2n) is 8.48. The zero-order valence-electron chi connectivity index (χ0n) is 16.5. The van der Waals surface area contributed by atoms with Crippen LogP contribution < -0.4 is 0 Å². The van der Waals surface area contributed by atoms with Crippen LogP contribution in [0, 0.1) is 0 Å². The number of aromatic nitrogens is 1. The van der Waals surface area contributed by atoms with Crippen LogP contribution in [0.5, 0.6) is 0 Å². The molecule has 1 spiro atoms. The fraction of sp³-hybridized carbons (Fsp3) is 0.545. The van der Waals surface area contributed by atoms with Gasteiger partial charge in [0.25, 0.3) is 5.91 Å². The van der Waals surface area contributed by atoms with Crippen LogP contribution in [0.1, 0.15) is 66.8 Å². The van der Waals surface area contributed by atoms with Crippen LogP contribution in [0.15, 0.2) is 40.9 Å². The summed E-state index contributed by atoms with van der Waals surface area (Å²) in [4.78, 5) is 17.3. The monoisotopic (exact) mass is 367 g/mol. The van der Waals surface area contributed by atoms with E-state index in [9.17, 15) is 4.79 Å². The topological polar surface area (TPSA) is 49.6 Å². The number of hydrogen-bond donors (Lipinski definition) is 0. The van der Waals surface area contributed by atoms with Crippen LogP contribution in [0.4, 0.5) is 0 Å². The molecule has 144 valence electrons. The highest BCUT2D eigenvalue weighted by atomic mass is 16.5. The van der Waals surface area contributed by atoms with Crippen molar-refractivity contribution < 1.29 is 9.32 Å². The highest BCUT2D eigenvalue weighted by molar-refractivity contribution is 5.92. The van der Waals surface area contributed by atoms with Crippen LogP contribution in [-0.2, 0) is 0 Å². The molecular weight excluding hydrogens is 338 g/mol. The first-order valence-electron chi connectivity index (χ1n) is 10.0. The van der Waals surface area contributed by atoms with Crippen molar-refractivity contribution in [2.45, 2.75) is 50.5 Å². The summed E-state index contributed by atoms with van der Waals surface area (Å²) < 4.78 is 5.31. The second-order valence-corrected chi connectivity index (χ2v) is 8.48. The molecule has 1 atom stereocenters. The summed E-state index contributed by atoms with van der Waals surface area (Å²) >= 11 is 0. The molecule has 5 nitrogen and oxygen atoms in total. The lowest BCUT2D eigenvalue weighted by atomic mass is 9.81. The summed E-state index contributed by atoms with van der Waals surface area (Å²) in [5, 5.41) is 3.99. The van der Waals surface area contributed by atoms with Crippen molar-refractivity contribution in [1.82, 2.24) is 15.0 Å². The SMILES string of the molecule is CC(C)c1cc(C(=O)N2CCC3(CC2)C[C@H](c2ccccc2)CN3C)no1. The first-order valence-corrected chi connectivity index (χ1v) is 10.0. The van der Waals surface area contributed by atoms with Gasteiger partial charge in [-0.25, -0.2) is 0 Å². The molecule has 3 heterocycles. The lowest BCUT2D eigenvalue weighted by Crippen LogP contribution is -2.52. The van der Waals surface area contributed by atoms with Gasteiger partial charge in [0.05, 0.1) is 0 Å². The van der Waals surface area contributed by atoms with E-state index in [-0.39, 0.29) is 17.4 Å². The van der Waals surface area contributed by atoms with Gasteiger partial charge in [0, 0.05) is 37.2 Å². The third-order valence-corrected chi connectivity index (χ3v) is 6.50. The maximum Gasteiger partial charge on any atom is 0.276 e. The predicted octanol–water partition coefficient (Wildman–Crippen LogP) is 3.89. The first kappa shape index (κ1) is 18.2. The Morgan fingerprint density at radius 2 is 1.93 bits per heavy atom. The van der Waals surface area contributed by atoms with Gasteiger partial charge >= 0.3 is 0 Å². The number of likely N-dealkylation sites (tertiary alicyclic amines) is 2. The molecule has 0 unspecified atom stereocenters. The quantitative estimate of drug-likeness (QED) is 0.826. The number of hydrogen-bond acceptors (Lipinski definition) is 4. The minimum atomic E-state index is 0.000703. The molecule has 2 aromatic rings. The molecule has 0 N–H and O–H groups in total. The van der Waals surface area contributed by atoms with Crippen molar-refractivity contribution in [1.29, 1.82) is 0 Å². The number of nitrogens with zero attached hydrogens (tertiary/aromatic N) is 3. The maximum absolute atomic E-state index is 12.8. The van der Waals surface area contributed by atoms with E-state index < -0.39 is 0 Å². The highest BCUT2D eigenvalue weighted by Gasteiger charge is 2.46. The van der Waals surface area contributed by atoms with Gasteiger partial charge in [-0.2, -0.15) is 0 Å². The Bertz CT molecular complexity index is 791. The molecule has 1 aromatic carbocycles. The van der Waals surface area contributed by atoms with Gasteiger partial charge in [0.15, 0.2) is 5.69 Å². The number of piperidine rings is 1. The van der Waals surface area contributed by atoms with Crippen LogP contribution >= 0.6 is 0 Å². The van der Waals surface area contributed by atoms with Crippen LogP contribution in [-0.4, -0.2) is 53.1 Å². The molecule has 4 rings (SSSR count). The Kier molecular flexibility index (Phi) is 4.81. The van der Waals surface area contributed by atoms with Gasteiger partial charge in [-0.3, -0.25) is 9.69 Å². The third kappa shape index (κ3) is 3.41. The van der Waals surface area contributed by atoms with Crippen molar-refractivity contribution in [2.24, 2.45) is 0 Å². The third-order valence-electron chi connectivity index (χ3n) is 6.50. The van der Waals surface area contributed by atoms with E-state index in [2.05, 4.69) is 47.4 Å². The molecule has 0 saturated carbocycles. The Hall–Kier alpha value is -2.14. The van der Waals surface area contributed by atoms with E-state index in [0.717, 1.165) is 38.2 Å². The fourth-order valence-electron chi connectivity index (χ4n) is 4.69. The average Bonchev–Trinajstić information content (AvgIpc) is 3.29. The van der Waals surface area contributed by atoms with Crippen molar-refractivity contribution in [2.75, 3.05) is 26.7 Å². The molecule has 5 heteroatoms. The van der Waals surface area contributed by atoms with Crippen molar-refractivity contribution >= 4 is 5.91 Å². The second kappa shape index (κ2) is 7.12. The molecule has 27 heavy (non-hydrogen) atoms. The molecule has 1 aromatic heterocycles. The van der Waals surface area contributed by atoms with E-state index >= 15 is 0 Å². The molecule has 2 saturated heterocycles. The maximum atomic E-state index is 12.8. The van der Waals surface area contributed by atoms with E-state index in [1.54, 1.807) is 6.07 Å². The average molecular weight is 367 g/mol. The van der Waals surface area contributed by atoms with Gasteiger partial charge in [-0.1, -0.05) is 49.3 Å². The number of rotatable bonds is 3. The van der Waals surface area contributed by atoms with Gasteiger partial charge in [-0.05, 0) is 37.8 Å². The van der Waals surface area contributed by atoms with Crippen LogP contribution in [0.3, 0.4) is 0 Å². The van der Waals surface area contributed by atoms with Crippen molar-refractivity contribution in [3.63, 3.8) is 0 Å². The number of carbonyl (C=O) groups is 1. The predicted molar refractivity (Wildman–Crippen MR) is 105 cm³/mol. The molecule has 2 aliphatic rings. The molecule has 2 aliphatic heterocycles. The van der Waals surface area contributed by atoms with Crippen molar-refractivity contribution in [3.8, 4) is 0 Å². The molecule has 0 bridgehead atoms. The lowest BCUT2D eigenvalue weighted by Gasteiger charge is -2.43. The number of benzene rings is 1. The molecular formula is C22H29N3O2. The van der Waals surface area contributed by atoms with Crippen LogP contribution in [0.2, 0.25) is 0 Å². The molecule has 2 fully saturated rings. The summed E-state index contributed by atoms with van der Waals surface area (Å²) in [7, 11) is 2.24. The summed E-state index contributed by atoms with van der Waals surface area (Å²) in [6.45, 7) is 6.75. The summed E-state index contributed by atoms with van der Waals surface area (Å²) in [5.41, 5.74) is 2.09. The Morgan fingerprint density at radius 1 is 1.22 bits per heavy atom. The number of likely N-dealkylation sites (N-methyl/N-ethyl adjacent to an activating group) is 1. The van der Waals surface area contributed by atoms with Crippen LogP contribution in [0.25, 0.3) is 0 Å². The zero-order chi connectivity index (χ0) is 19.0.